The van der Waals surface area contributed by atoms with E-state index >= 15 is 0 Å². The topological polar surface area (TPSA) is 40.5 Å². The number of hydrogen-bond donors (Lipinski definition) is 1. The lowest BCUT2D eigenvalue weighted by molar-refractivity contribution is -0.134. The van der Waals surface area contributed by atoms with Crippen molar-refractivity contribution >= 4 is 5.97 Å². The van der Waals surface area contributed by atoms with E-state index in [2.05, 4.69) is 0 Å². The molecule has 0 aliphatic heterocycles. The summed E-state index contributed by atoms with van der Waals surface area (Å²) in [6.45, 7) is 1.91. The first-order valence-electron chi connectivity index (χ1n) is 3.20. The van der Waals surface area contributed by atoms with Crippen LogP contribution in [0.1, 0.15) is 13.3 Å². The van der Waals surface area contributed by atoms with Crippen LogP contribution in [0.3, 0.4) is 0 Å². The summed E-state index contributed by atoms with van der Waals surface area (Å²) in [6.07, 6.45) is 2.43. The maximum atomic E-state index is 10.4. The summed E-state index contributed by atoms with van der Waals surface area (Å²) in [7, 11) is 3.44. The molecule has 0 bridgehead atoms. The van der Waals surface area contributed by atoms with Gasteiger partial charge in [0.15, 0.2) is 0 Å². The van der Waals surface area contributed by atoms with Crippen LogP contribution in [0.2, 0.25) is 0 Å². The van der Waals surface area contributed by atoms with E-state index in [1.54, 1.807) is 25.1 Å². The molecular weight excluding hydrogens is 130 g/mol. The van der Waals surface area contributed by atoms with E-state index < -0.39 is 5.97 Å². The second kappa shape index (κ2) is 3.93. The van der Waals surface area contributed by atoms with Crippen LogP contribution in [0.25, 0.3) is 0 Å². The zero-order valence-electron chi connectivity index (χ0n) is 6.59. The first-order chi connectivity index (χ1) is 4.59. The van der Waals surface area contributed by atoms with E-state index in [0.717, 1.165) is 6.42 Å². The van der Waals surface area contributed by atoms with E-state index in [1.165, 1.54) is 0 Å². The molecule has 0 spiro atoms. The number of nitrogens with zero attached hydrogens (tertiary/aromatic N) is 1. The lowest BCUT2D eigenvalue weighted by Gasteiger charge is -2.11. The van der Waals surface area contributed by atoms with Gasteiger partial charge >= 0.3 is 5.97 Å². The maximum absolute atomic E-state index is 10.4. The molecule has 0 aromatic heterocycles. The van der Waals surface area contributed by atoms with Gasteiger partial charge in [-0.3, -0.25) is 0 Å². The number of carbonyl (C=O) groups is 1. The average molecular weight is 143 g/mol. The lowest BCUT2D eigenvalue weighted by Crippen LogP contribution is -2.18. The van der Waals surface area contributed by atoms with Crippen LogP contribution >= 0.6 is 0 Å². The molecule has 0 aromatic rings. The van der Waals surface area contributed by atoms with Gasteiger partial charge in [0.25, 0.3) is 0 Å². The number of hydrogen-bond acceptors (Lipinski definition) is 2. The molecule has 0 heterocycles. The Hall–Kier alpha value is -0.990. The van der Waals surface area contributed by atoms with Crippen molar-refractivity contribution in [3.8, 4) is 0 Å². The molecule has 0 rings (SSSR count). The second-order valence-electron chi connectivity index (χ2n) is 2.20. The molecule has 0 unspecified atom stereocenters. The fraction of sp³-hybridized carbons (Fsp3) is 0.571. The summed E-state index contributed by atoms with van der Waals surface area (Å²) >= 11 is 0. The molecule has 3 heteroatoms. The minimum atomic E-state index is -0.869. The average Bonchev–Trinajstić information content (AvgIpc) is 1.81. The fourth-order valence-corrected chi connectivity index (χ4v) is 0.655. The molecule has 0 saturated carbocycles. The molecule has 0 saturated heterocycles. The zero-order chi connectivity index (χ0) is 8.15. The summed E-state index contributed by atoms with van der Waals surface area (Å²) in [6, 6.07) is 0. The molecule has 0 amide bonds. The van der Waals surface area contributed by atoms with Gasteiger partial charge in [-0.15, -0.1) is 0 Å². The summed E-state index contributed by atoms with van der Waals surface area (Å²) in [5.41, 5.74) is 0.350. The normalized spacial score (nSPS) is 11.3. The van der Waals surface area contributed by atoms with E-state index in [9.17, 15) is 4.79 Å². The molecule has 0 aromatic carbocycles. The van der Waals surface area contributed by atoms with Gasteiger partial charge in [0.2, 0.25) is 0 Å². The van der Waals surface area contributed by atoms with Crippen LogP contribution in [0.15, 0.2) is 11.8 Å². The molecule has 0 radical (unpaired) electrons. The Kier molecular flexibility index (Phi) is 3.54. The maximum Gasteiger partial charge on any atom is 0.351 e. The number of aliphatic carboxylic acids is 1. The van der Waals surface area contributed by atoms with Gasteiger partial charge in [0.1, 0.15) is 5.70 Å². The van der Waals surface area contributed by atoms with Crippen LogP contribution in [-0.2, 0) is 4.79 Å². The first-order valence-corrected chi connectivity index (χ1v) is 3.20. The molecular formula is C7H13NO2. The van der Waals surface area contributed by atoms with Gasteiger partial charge < -0.3 is 10.0 Å². The van der Waals surface area contributed by atoms with Crippen molar-refractivity contribution in [3.05, 3.63) is 11.8 Å². The Balaban J connectivity index is 4.27. The predicted molar refractivity (Wildman–Crippen MR) is 39.7 cm³/mol. The highest BCUT2D eigenvalue weighted by molar-refractivity contribution is 5.85. The van der Waals surface area contributed by atoms with Gasteiger partial charge in [0.05, 0.1) is 0 Å². The summed E-state index contributed by atoms with van der Waals surface area (Å²) in [5, 5.41) is 8.56. The minimum Gasteiger partial charge on any atom is -0.477 e. The molecule has 0 aliphatic carbocycles. The third kappa shape index (κ3) is 2.53. The van der Waals surface area contributed by atoms with Crippen molar-refractivity contribution in [2.24, 2.45) is 0 Å². The number of carboxylic acids is 1. The fourth-order valence-electron chi connectivity index (χ4n) is 0.655. The van der Waals surface area contributed by atoms with Gasteiger partial charge in [-0.25, -0.2) is 4.79 Å². The van der Waals surface area contributed by atoms with Gasteiger partial charge in [-0.1, -0.05) is 13.0 Å². The SMILES string of the molecule is CCC=C(C(=O)O)N(C)C. The number of allylic oxidation sites excluding steroid dienone is 1. The van der Waals surface area contributed by atoms with Gasteiger partial charge in [0, 0.05) is 14.1 Å². The number of carboxylic acid groups (broad SMARTS) is 1. The monoisotopic (exact) mass is 143 g/mol. The smallest absolute Gasteiger partial charge is 0.351 e. The molecule has 58 valence electrons. The summed E-state index contributed by atoms with van der Waals surface area (Å²) in [5.74, 6) is -0.869. The number of likely N-dealkylation sites (N-methyl/N-ethyl adjacent to an activating group) is 1. The Morgan fingerprint density at radius 3 is 2.20 bits per heavy atom. The Bertz CT molecular complexity index is 150. The Morgan fingerprint density at radius 2 is 2.10 bits per heavy atom. The van der Waals surface area contributed by atoms with E-state index in [1.807, 2.05) is 6.92 Å². The highest BCUT2D eigenvalue weighted by Gasteiger charge is 2.06. The second-order valence-corrected chi connectivity index (χ2v) is 2.20. The van der Waals surface area contributed by atoms with Crippen LogP contribution < -0.4 is 0 Å². The summed E-state index contributed by atoms with van der Waals surface area (Å²) in [4.78, 5) is 12.0. The first kappa shape index (κ1) is 9.01. The standard InChI is InChI=1S/C7H13NO2/c1-4-5-6(7(9)10)8(2)3/h5H,4H2,1-3H3,(H,9,10). The van der Waals surface area contributed by atoms with Crippen molar-refractivity contribution in [2.75, 3.05) is 14.1 Å². The van der Waals surface area contributed by atoms with Gasteiger partial charge in [-0.2, -0.15) is 0 Å². The van der Waals surface area contributed by atoms with Crippen molar-refractivity contribution in [3.63, 3.8) is 0 Å². The van der Waals surface area contributed by atoms with Crippen molar-refractivity contribution in [1.29, 1.82) is 0 Å². The van der Waals surface area contributed by atoms with E-state index in [4.69, 9.17) is 5.11 Å². The lowest BCUT2D eigenvalue weighted by atomic mass is 10.3. The summed E-state index contributed by atoms with van der Waals surface area (Å²) < 4.78 is 0. The van der Waals surface area contributed by atoms with Crippen LogP contribution in [-0.4, -0.2) is 30.1 Å². The molecule has 3 nitrogen and oxygen atoms in total. The minimum absolute atomic E-state index is 0.350. The third-order valence-electron chi connectivity index (χ3n) is 1.10. The predicted octanol–water partition coefficient (Wildman–Crippen LogP) is 0.927. The zero-order valence-corrected chi connectivity index (χ0v) is 6.59. The van der Waals surface area contributed by atoms with E-state index in [0.29, 0.717) is 5.70 Å². The van der Waals surface area contributed by atoms with Crippen LogP contribution in [0, 0.1) is 0 Å². The highest BCUT2D eigenvalue weighted by atomic mass is 16.4. The Labute approximate surface area is 61.0 Å². The molecule has 0 atom stereocenters. The molecule has 0 aliphatic rings. The number of rotatable bonds is 3. The van der Waals surface area contributed by atoms with Gasteiger partial charge in [-0.05, 0) is 6.42 Å². The van der Waals surface area contributed by atoms with Crippen LogP contribution in [0.5, 0.6) is 0 Å². The van der Waals surface area contributed by atoms with Crippen molar-refractivity contribution in [2.45, 2.75) is 13.3 Å². The highest BCUT2D eigenvalue weighted by Crippen LogP contribution is 1.99. The van der Waals surface area contributed by atoms with E-state index in [-0.39, 0.29) is 0 Å². The third-order valence-corrected chi connectivity index (χ3v) is 1.10. The van der Waals surface area contributed by atoms with Crippen molar-refractivity contribution in [1.82, 2.24) is 4.90 Å². The van der Waals surface area contributed by atoms with Crippen LogP contribution in [0.4, 0.5) is 0 Å². The molecule has 10 heavy (non-hydrogen) atoms. The Morgan fingerprint density at radius 1 is 1.60 bits per heavy atom. The quantitative estimate of drug-likeness (QED) is 0.597. The molecule has 1 N–H and O–H groups in total. The van der Waals surface area contributed by atoms with Crippen molar-refractivity contribution < 1.29 is 9.90 Å². The largest absolute Gasteiger partial charge is 0.477 e. The molecule has 0 fully saturated rings.